The zero-order valence-electron chi connectivity index (χ0n) is 17.4. The van der Waals surface area contributed by atoms with Crippen LogP contribution in [0.1, 0.15) is 26.3 Å². The van der Waals surface area contributed by atoms with Gasteiger partial charge in [-0.05, 0) is 45.0 Å². The van der Waals surface area contributed by atoms with Gasteiger partial charge in [-0.3, -0.25) is 4.90 Å². The second-order valence-electron chi connectivity index (χ2n) is 7.58. The minimum absolute atomic E-state index is 0.185. The number of para-hydroxylation sites is 1. The monoisotopic (exact) mass is 398 g/mol. The largest absolute Gasteiger partial charge is 0.497 e. The Morgan fingerprint density at radius 1 is 1.10 bits per heavy atom. The Morgan fingerprint density at radius 2 is 1.86 bits per heavy atom. The standard InChI is InChI=1S/C21H26N4O4/c1-21(2,3)29-20(26)24(13-15-10-11-16(27-4)12-19(15)28-5)14-25-18-9-7-6-8-17(18)22-23-25/h6-12H,13-14H2,1-5H3. The topological polar surface area (TPSA) is 78.7 Å². The summed E-state index contributed by atoms with van der Waals surface area (Å²) in [5.74, 6) is 1.30. The number of carbonyl (C=O) groups is 1. The molecule has 0 saturated carbocycles. The van der Waals surface area contributed by atoms with Gasteiger partial charge in [-0.1, -0.05) is 17.3 Å². The number of benzene rings is 2. The maximum atomic E-state index is 12.9. The Hall–Kier alpha value is -3.29. The molecule has 0 bridgehead atoms. The van der Waals surface area contributed by atoms with Crippen molar-refractivity contribution in [2.24, 2.45) is 0 Å². The second kappa shape index (κ2) is 8.38. The lowest BCUT2D eigenvalue weighted by atomic mass is 10.1. The van der Waals surface area contributed by atoms with Crippen LogP contribution in [0.25, 0.3) is 11.0 Å². The van der Waals surface area contributed by atoms with Crippen LogP contribution in [-0.4, -0.2) is 45.8 Å². The molecule has 0 aliphatic heterocycles. The molecule has 0 aliphatic rings. The summed E-state index contributed by atoms with van der Waals surface area (Å²) in [5, 5.41) is 8.35. The third kappa shape index (κ3) is 4.96. The number of fused-ring (bicyclic) bond motifs is 1. The molecule has 2 aromatic carbocycles. The predicted molar refractivity (Wildman–Crippen MR) is 109 cm³/mol. The number of amides is 1. The molecule has 29 heavy (non-hydrogen) atoms. The van der Waals surface area contributed by atoms with Crippen molar-refractivity contribution in [2.75, 3.05) is 14.2 Å². The number of aromatic nitrogens is 3. The van der Waals surface area contributed by atoms with Gasteiger partial charge in [-0.15, -0.1) is 5.10 Å². The van der Waals surface area contributed by atoms with Crippen LogP contribution >= 0.6 is 0 Å². The molecule has 0 radical (unpaired) electrons. The van der Waals surface area contributed by atoms with E-state index in [1.807, 2.05) is 57.2 Å². The molecular formula is C21H26N4O4. The number of carbonyl (C=O) groups excluding carboxylic acids is 1. The van der Waals surface area contributed by atoms with Crippen molar-refractivity contribution in [3.8, 4) is 11.5 Å². The smallest absolute Gasteiger partial charge is 0.412 e. The Kier molecular flexibility index (Phi) is 5.91. The molecule has 8 nitrogen and oxygen atoms in total. The van der Waals surface area contributed by atoms with Gasteiger partial charge in [0.05, 0.1) is 26.3 Å². The maximum Gasteiger partial charge on any atom is 0.412 e. The van der Waals surface area contributed by atoms with Gasteiger partial charge in [0.2, 0.25) is 0 Å². The predicted octanol–water partition coefficient (Wildman–Crippen LogP) is 3.84. The Balaban J connectivity index is 1.92. The van der Waals surface area contributed by atoms with E-state index in [0.717, 1.165) is 16.6 Å². The number of nitrogens with zero attached hydrogens (tertiary/aromatic N) is 4. The van der Waals surface area contributed by atoms with E-state index in [2.05, 4.69) is 10.3 Å². The normalized spacial score (nSPS) is 11.3. The SMILES string of the molecule is COc1ccc(CN(Cn2nnc3ccccc32)C(=O)OC(C)(C)C)c(OC)c1. The van der Waals surface area contributed by atoms with Crippen LogP contribution in [0.15, 0.2) is 42.5 Å². The molecular weight excluding hydrogens is 372 g/mol. The highest BCUT2D eigenvalue weighted by molar-refractivity contribution is 5.74. The first-order valence-electron chi connectivity index (χ1n) is 9.28. The van der Waals surface area contributed by atoms with E-state index in [1.54, 1.807) is 29.9 Å². The molecule has 0 aliphatic carbocycles. The highest BCUT2D eigenvalue weighted by Crippen LogP contribution is 2.26. The number of methoxy groups -OCH3 is 2. The Labute approximate surface area is 170 Å². The van der Waals surface area contributed by atoms with Crippen molar-refractivity contribution < 1.29 is 19.0 Å². The van der Waals surface area contributed by atoms with Crippen molar-refractivity contribution >= 4 is 17.1 Å². The number of ether oxygens (including phenoxy) is 3. The number of hydrogen-bond donors (Lipinski definition) is 0. The van der Waals surface area contributed by atoms with Crippen molar-refractivity contribution in [3.63, 3.8) is 0 Å². The van der Waals surface area contributed by atoms with Gasteiger partial charge < -0.3 is 14.2 Å². The Bertz CT molecular complexity index is 994. The van der Waals surface area contributed by atoms with Crippen LogP contribution in [-0.2, 0) is 18.0 Å². The van der Waals surface area contributed by atoms with E-state index >= 15 is 0 Å². The van der Waals surface area contributed by atoms with Crippen molar-refractivity contribution in [1.29, 1.82) is 0 Å². The highest BCUT2D eigenvalue weighted by Gasteiger charge is 2.24. The lowest BCUT2D eigenvalue weighted by molar-refractivity contribution is 0.0160. The molecule has 1 amide bonds. The number of rotatable bonds is 6. The fraction of sp³-hybridized carbons (Fsp3) is 0.381. The first-order valence-corrected chi connectivity index (χ1v) is 9.28. The zero-order valence-corrected chi connectivity index (χ0v) is 17.4. The molecule has 0 atom stereocenters. The molecule has 1 aromatic heterocycles. The fourth-order valence-corrected chi connectivity index (χ4v) is 2.87. The van der Waals surface area contributed by atoms with Gasteiger partial charge in [0, 0.05) is 11.6 Å². The molecule has 8 heteroatoms. The summed E-state index contributed by atoms with van der Waals surface area (Å²) < 4.78 is 18.0. The molecule has 3 aromatic rings. The second-order valence-corrected chi connectivity index (χ2v) is 7.58. The minimum Gasteiger partial charge on any atom is -0.497 e. The molecule has 1 heterocycles. The lowest BCUT2D eigenvalue weighted by Crippen LogP contribution is -2.37. The average Bonchev–Trinajstić information content (AvgIpc) is 3.09. The van der Waals surface area contributed by atoms with Crippen LogP contribution in [0.2, 0.25) is 0 Å². The Morgan fingerprint density at radius 3 is 2.55 bits per heavy atom. The van der Waals surface area contributed by atoms with E-state index in [4.69, 9.17) is 14.2 Å². The van der Waals surface area contributed by atoms with Crippen LogP contribution in [0.4, 0.5) is 4.79 Å². The lowest BCUT2D eigenvalue weighted by Gasteiger charge is -2.28. The molecule has 3 rings (SSSR count). The summed E-state index contributed by atoms with van der Waals surface area (Å²) in [6.45, 7) is 5.96. The molecule has 0 fully saturated rings. The summed E-state index contributed by atoms with van der Waals surface area (Å²) in [4.78, 5) is 14.5. The van der Waals surface area contributed by atoms with Crippen LogP contribution in [0.3, 0.4) is 0 Å². The molecule has 0 unspecified atom stereocenters. The van der Waals surface area contributed by atoms with Crippen molar-refractivity contribution in [1.82, 2.24) is 19.9 Å². The van der Waals surface area contributed by atoms with Crippen LogP contribution in [0, 0.1) is 0 Å². The van der Waals surface area contributed by atoms with E-state index in [9.17, 15) is 4.79 Å². The third-order valence-corrected chi connectivity index (χ3v) is 4.23. The minimum atomic E-state index is -0.621. The van der Waals surface area contributed by atoms with E-state index in [-0.39, 0.29) is 13.2 Å². The maximum absolute atomic E-state index is 12.9. The van der Waals surface area contributed by atoms with Crippen molar-refractivity contribution in [3.05, 3.63) is 48.0 Å². The van der Waals surface area contributed by atoms with Gasteiger partial charge in [0.25, 0.3) is 0 Å². The van der Waals surface area contributed by atoms with Gasteiger partial charge >= 0.3 is 6.09 Å². The van der Waals surface area contributed by atoms with Gasteiger partial charge in [-0.2, -0.15) is 0 Å². The first-order chi connectivity index (χ1) is 13.8. The van der Waals surface area contributed by atoms with Gasteiger partial charge in [0.15, 0.2) is 0 Å². The third-order valence-electron chi connectivity index (χ3n) is 4.23. The molecule has 0 saturated heterocycles. The summed E-state index contributed by atoms with van der Waals surface area (Å²) in [6.07, 6.45) is -0.449. The number of hydrogen-bond acceptors (Lipinski definition) is 6. The summed E-state index contributed by atoms with van der Waals surface area (Å²) >= 11 is 0. The average molecular weight is 398 g/mol. The quantitative estimate of drug-likeness (QED) is 0.628. The summed E-state index contributed by atoms with van der Waals surface area (Å²) in [6, 6.07) is 13.1. The fourth-order valence-electron chi connectivity index (χ4n) is 2.87. The van der Waals surface area contributed by atoms with E-state index in [0.29, 0.717) is 11.5 Å². The van der Waals surface area contributed by atoms with Gasteiger partial charge in [-0.25, -0.2) is 9.48 Å². The summed E-state index contributed by atoms with van der Waals surface area (Å²) in [7, 11) is 3.18. The first kappa shape index (κ1) is 20.4. The van der Waals surface area contributed by atoms with Gasteiger partial charge in [0.1, 0.15) is 29.3 Å². The van der Waals surface area contributed by atoms with E-state index in [1.165, 1.54) is 0 Å². The van der Waals surface area contributed by atoms with Crippen molar-refractivity contribution in [2.45, 2.75) is 39.6 Å². The zero-order chi connectivity index (χ0) is 21.0. The molecule has 0 spiro atoms. The van der Waals surface area contributed by atoms with E-state index < -0.39 is 11.7 Å². The summed E-state index contributed by atoms with van der Waals surface area (Å²) in [5.41, 5.74) is 1.80. The van der Waals surface area contributed by atoms with Crippen LogP contribution in [0.5, 0.6) is 11.5 Å². The molecule has 0 N–H and O–H groups in total. The highest BCUT2D eigenvalue weighted by atomic mass is 16.6. The van der Waals surface area contributed by atoms with Crippen LogP contribution < -0.4 is 9.47 Å². The molecule has 154 valence electrons.